The standard InChI is InChI=1S/C15H24F3N3/c1-4-9-19-14(7-6-8-15(16,17)18)12-10-11(3)20-21-13(12)5-2/h10,14,19H,4-9H2,1-3H3. The van der Waals surface area contributed by atoms with Gasteiger partial charge < -0.3 is 5.32 Å². The maximum atomic E-state index is 12.3. The maximum Gasteiger partial charge on any atom is 0.389 e. The lowest BCUT2D eigenvalue weighted by atomic mass is 9.98. The van der Waals surface area contributed by atoms with Crippen molar-refractivity contribution in [3.05, 3.63) is 23.0 Å². The number of hydrogen-bond acceptors (Lipinski definition) is 3. The third kappa shape index (κ3) is 6.42. The minimum atomic E-state index is -4.09. The van der Waals surface area contributed by atoms with Crippen LogP contribution in [0.25, 0.3) is 0 Å². The highest BCUT2D eigenvalue weighted by Crippen LogP contribution is 2.27. The Balaban J connectivity index is 2.83. The average Bonchev–Trinajstić information content (AvgIpc) is 2.41. The minimum Gasteiger partial charge on any atom is -0.310 e. The van der Waals surface area contributed by atoms with Gasteiger partial charge in [-0.15, -0.1) is 0 Å². The van der Waals surface area contributed by atoms with E-state index in [1.807, 2.05) is 26.8 Å². The molecule has 21 heavy (non-hydrogen) atoms. The summed E-state index contributed by atoms with van der Waals surface area (Å²) >= 11 is 0. The van der Waals surface area contributed by atoms with Crippen LogP contribution in [0.2, 0.25) is 0 Å². The normalized spacial score (nSPS) is 13.4. The fourth-order valence-electron chi connectivity index (χ4n) is 2.30. The predicted octanol–water partition coefficient (Wildman–Crippen LogP) is 4.12. The Morgan fingerprint density at radius 2 is 1.95 bits per heavy atom. The Morgan fingerprint density at radius 3 is 2.52 bits per heavy atom. The third-order valence-corrected chi connectivity index (χ3v) is 3.33. The van der Waals surface area contributed by atoms with Crippen LogP contribution in [0, 0.1) is 6.92 Å². The zero-order chi connectivity index (χ0) is 15.9. The highest BCUT2D eigenvalue weighted by Gasteiger charge is 2.27. The number of nitrogens with zero attached hydrogens (tertiary/aromatic N) is 2. The monoisotopic (exact) mass is 303 g/mol. The number of hydrogen-bond donors (Lipinski definition) is 1. The molecule has 120 valence electrons. The van der Waals surface area contributed by atoms with Gasteiger partial charge in [0.25, 0.3) is 0 Å². The van der Waals surface area contributed by atoms with E-state index in [0.717, 1.165) is 36.3 Å². The van der Waals surface area contributed by atoms with Crippen molar-refractivity contribution in [2.75, 3.05) is 6.54 Å². The van der Waals surface area contributed by atoms with Crippen molar-refractivity contribution in [3.8, 4) is 0 Å². The summed E-state index contributed by atoms with van der Waals surface area (Å²) in [5.74, 6) is 0. The van der Waals surface area contributed by atoms with Gasteiger partial charge in [-0.05, 0) is 50.8 Å². The maximum absolute atomic E-state index is 12.3. The molecular formula is C15H24F3N3. The summed E-state index contributed by atoms with van der Waals surface area (Å²) in [4.78, 5) is 0. The molecule has 0 aromatic carbocycles. The molecular weight excluding hydrogens is 279 g/mol. The molecule has 3 nitrogen and oxygen atoms in total. The molecule has 0 amide bonds. The Hall–Kier alpha value is -1.17. The number of aromatic nitrogens is 2. The summed E-state index contributed by atoms with van der Waals surface area (Å²) in [6.45, 7) is 6.65. The van der Waals surface area contributed by atoms with Gasteiger partial charge in [0.2, 0.25) is 0 Å². The Labute approximate surface area is 124 Å². The van der Waals surface area contributed by atoms with Crippen LogP contribution in [0.3, 0.4) is 0 Å². The summed E-state index contributed by atoms with van der Waals surface area (Å²) in [5.41, 5.74) is 2.64. The van der Waals surface area contributed by atoms with E-state index in [-0.39, 0.29) is 12.5 Å². The van der Waals surface area contributed by atoms with E-state index in [1.54, 1.807) is 0 Å². The van der Waals surface area contributed by atoms with Crippen molar-refractivity contribution in [3.63, 3.8) is 0 Å². The van der Waals surface area contributed by atoms with Crippen LogP contribution >= 0.6 is 0 Å². The lowest BCUT2D eigenvalue weighted by Crippen LogP contribution is -2.24. The molecule has 1 unspecified atom stereocenters. The molecule has 1 rings (SSSR count). The predicted molar refractivity (Wildman–Crippen MR) is 77.1 cm³/mol. The van der Waals surface area contributed by atoms with Crippen LogP contribution in [0.4, 0.5) is 13.2 Å². The average molecular weight is 303 g/mol. The highest BCUT2D eigenvalue weighted by atomic mass is 19.4. The molecule has 0 bridgehead atoms. The van der Waals surface area contributed by atoms with Gasteiger partial charge in [0, 0.05) is 12.5 Å². The largest absolute Gasteiger partial charge is 0.389 e. The van der Waals surface area contributed by atoms with Gasteiger partial charge >= 0.3 is 6.18 Å². The number of halogens is 3. The van der Waals surface area contributed by atoms with Crippen LogP contribution in [-0.2, 0) is 6.42 Å². The molecule has 0 radical (unpaired) electrons. The molecule has 1 heterocycles. The SMILES string of the molecule is CCCNC(CCCC(F)(F)F)c1cc(C)nnc1CC. The second-order valence-corrected chi connectivity index (χ2v) is 5.26. The summed E-state index contributed by atoms with van der Waals surface area (Å²) in [5, 5.41) is 11.5. The topological polar surface area (TPSA) is 37.8 Å². The molecule has 1 aromatic rings. The zero-order valence-electron chi connectivity index (χ0n) is 12.9. The Morgan fingerprint density at radius 1 is 1.24 bits per heavy atom. The molecule has 0 aliphatic carbocycles. The first-order valence-electron chi connectivity index (χ1n) is 7.50. The van der Waals surface area contributed by atoms with Gasteiger partial charge in [0.05, 0.1) is 11.4 Å². The van der Waals surface area contributed by atoms with E-state index in [4.69, 9.17) is 0 Å². The first-order chi connectivity index (χ1) is 9.87. The first kappa shape index (κ1) is 17.9. The number of aryl methyl sites for hydroxylation is 2. The molecule has 6 heteroatoms. The van der Waals surface area contributed by atoms with Gasteiger partial charge in [-0.3, -0.25) is 0 Å². The van der Waals surface area contributed by atoms with E-state index >= 15 is 0 Å². The summed E-state index contributed by atoms with van der Waals surface area (Å²) in [6.07, 6.45) is -2.58. The summed E-state index contributed by atoms with van der Waals surface area (Å²) in [7, 11) is 0. The summed E-state index contributed by atoms with van der Waals surface area (Å²) in [6, 6.07) is 1.85. The van der Waals surface area contributed by atoms with E-state index < -0.39 is 12.6 Å². The van der Waals surface area contributed by atoms with Crippen molar-refractivity contribution < 1.29 is 13.2 Å². The van der Waals surface area contributed by atoms with Crippen LogP contribution in [0.1, 0.15) is 62.5 Å². The number of alkyl halides is 3. The molecule has 0 saturated heterocycles. The van der Waals surface area contributed by atoms with Gasteiger partial charge in [-0.1, -0.05) is 13.8 Å². The van der Waals surface area contributed by atoms with Gasteiger partial charge in [0.15, 0.2) is 0 Å². The van der Waals surface area contributed by atoms with Gasteiger partial charge in [0.1, 0.15) is 0 Å². The van der Waals surface area contributed by atoms with Gasteiger partial charge in [-0.2, -0.15) is 23.4 Å². The van der Waals surface area contributed by atoms with Crippen LogP contribution < -0.4 is 5.32 Å². The number of nitrogens with one attached hydrogen (secondary N) is 1. The molecule has 0 spiro atoms. The van der Waals surface area contributed by atoms with Crippen LogP contribution in [-0.4, -0.2) is 22.9 Å². The van der Waals surface area contributed by atoms with Crippen LogP contribution in [0.5, 0.6) is 0 Å². The van der Waals surface area contributed by atoms with E-state index in [1.165, 1.54) is 0 Å². The van der Waals surface area contributed by atoms with E-state index in [0.29, 0.717) is 6.42 Å². The van der Waals surface area contributed by atoms with Crippen molar-refractivity contribution >= 4 is 0 Å². The quantitative estimate of drug-likeness (QED) is 0.785. The number of rotatable bonds is 8. The molecule has 1 N–H and O–H groups in total. The molecule has 0 saturated carbocycles. The molecule has 0 aliphatic heterocycles. The second kappa shape index (κ2) is 8.32. The highest BCUT2D eigenvalue weighted by molar-refractivity contribution is 5.24. The van der Waals surface area contributed by atoms with Crippen molar-refractivity contribution in [1.82, 2.24) is 15.5 Å². The lowest BCUT2D eigenvalue weighted by Gasteiger charge is -2.21. The van der Waals surface area contributed by atoms with Crippen molar-refractivity contribution in [1.29, 1.82) is 0 Å². The summed E-state index contributed by atoms with van der Waals surface area (Å²) < 4.78 is 37.0. The molecule has 1 aromatic heterocycles. The van der Waals surface area contributed by atoms with Crippen molar-refractivity contribution in [2.24, 2.45) is 0 Å². The lowest BCUT2D eigenvalue weighted by molar-refractivity contribution is -0.135. The fourth-order valence-corrected chi connectivity index (χ4v) is 2.30. The second-order valence-electron chi connectivity index (χ2n) is 5.26. The van der Waals surface area contributed by atoms with Gasteiger partial charge in [-0.25, -0.2) is 0 Å². The molecule has 0 aliphatic rings. The smallest absolute Gasteiger partial charge is 0.310 e. The molecule has 0 fully saturated rings. The van der Waals surface area contributed by atoms with Crippen molar-refractivity contribution in [2.45, 2.75) is 65.1 Å². The van der Waals surface area contributed by atoms with Crippen LogP contribution in [0.15, 0.2) is 6.07 Å². The Kier molecular flexibility index (Phi) is 7.08. The third-order valence-electron chi connectivity index (χ3n) is 3.33. The fraction of sp³-hybridized carbons (Fsp3) is 0.733. The zero-order valence-corrected chi connectivity index (χ0v) is 12.9. The molecule has 1 atom stereocenters. The first-order valence-corrected chi connectivity index (χ1v) is 7.50. The Bertz CT molecular complexity index is 433. The minimum absolute atomic E-state index is 0.0866. The van der Waals surface area contributed by atoms with E-state index in [2.05, 4.69) is 15.5 Å². The van der Waals surface area contributed by atoms with E-state index in [9.17, 15) is 13.2 Å².